The predicted molar refractivity (Wildman–Crippen MR) is 135 cm³/mol. The van der Waals surface area contributed by atoms with Crippen molar-refractivity contribution in [3.63, 3.8) is 0 Å². The van der Waals surface area contributed by atoms with E-state index in [1.165, 1.54) is 0 Å². The molecule has 0 bridgehead atoms. The molecule has 5 N–H and O–H groups in total. The number of rotatable bonds is 13. The Bertz CT molecular complexity index is 1370. The summed E-state index contributed by atoms with van der Waals surface area (Å²) in [5.74, 6) is -3.96. The number of anilines is 2. The fourth-order valence-electron chi connectivity index (χ4n) is 3.88. The van der Waals surface area contributed by atoms with Crippen molar-refractivity contribution in [2.45, 2.75) is 25.7 Å². The maximum Gasteiger partial charge on any atom is 0.573 e. The fraction of sp³-hybridized carbons (Fsp3) is 0.320. The van der Waals surface area contributed by atoms with Gasteiger partial charge in [-0.3, -0.25) is 5.10 Å². The van der Waals surface area contributed by atoms with Gasteiger partial charge in [0.05, 0.1) is 24.5 Å². The van der Waals surface area contributed by atoms with Crippen LogP contribution in [0.3, 0.4) is 0 Å². The summed E-state index contributed by atoms with van der Waals surface area (Å²) in [6.45, 7) is 2.16. The molecule has 0 atom stereocenters. The van der Waals surface area contributed by atoms with Crippen LogP contribution in [0.25, 0.3) is 22.0 Å². The molecule has 39 heavy (non-hydrogen) atoms. The first kappa shape index (κ1) is 28.0. The molecule has 14 heteroatoms. The largest absolute Gasteiger partial charge is 0.573 e. The molecular formula is C25H26F5N7O2. The van der Waals surface area contributed by atoms with E-state index in [9.17, 15) is 22.0 Å². The molecule has 2 heterocycles. The Labute approximate surface area is 219 Å². The SMILES string of the molecule is Nc1cc(-c2cc(NCCOCCCCNCc3cc(F)c(OC(F)(F)F)c(F)c3)c3cn[nH]c3c2)cnn1. The molecule has 0 saturated heterocycles. The van der Waals surface area contributed by atoms with Crippen molar-refractivity contribution in [1.82, 2.24) is 25.7 Å². The number of nitrogens with zero attached hydrogens (tertiary/aromatic N) is 3. The third-order valence-electron chi connectivity index (χ3n) is 5.62. The van der Waals surface area contributed by atoms with Gasteiger partial charge in [-0.05, 0) is 60.8 Å². The Morgan fingerprint density at radius 2 is 1.72 bits per heavy atom. The van der Waals surface area contributed by atoms with E-state index in [1.54, 1.807) is 18.5 Å². The summed E-state index contributed by atoms with van der Waals surface area (Å²) < 4.78 is 73.3. The summed E-state index contributed by atoms with van der Waals surface area (Å²) >= 11 is 0. The quantitative estimate of drug-likeness (QED) is 0.138. The Morgan fingerprint density at radius 1 is 0.923 bits per heavy atom. The lowest BCUT2D eigenvalue weighted by atomic mass is 10.0. The number of alkyl halides is 3. The number of nitrogens with one attached hydrogen (secondary N) is 3. The van der Waals surface area contributed by atoms with Crippen molar-refractivity contribution >= 4 is 22.4 Å². The number of H-pyrrole nitrogens is 1. The lowest BCUT2D eigenvalue weighted by Gasteiger charge is -2.12. The second-order valence-electron chi connectivity index (χ2n) is 8.58. The summed E-state index contributed by atoms with van der Waals surface area (Å²) in [4.78, 5) is 0. The van der Waals surface area contributed by atoms with Crippen molar-refractivity contribution in [2.75, 3.05) is 37.4 Å². The minimum Gasteiger partial charge on any atom is -0.399 e. The van der Waals surface area contributed by atoms with E-state index in [2.05, 4.69) is 35.8 Å². The summed E-state index contributed by atoms with van der Waals surface area (Å²) in [5, 5.41) is 22.0. The molecular weight excluding hydrogens is 525 g/mol. The molecule has 0 fully saturated rings. The van der Waals surface area contributed by atoms with Crippen LogP contribution in [0.2, 0.25) is 0 Å². The van der Waals surface area contributed by atoms with Gasteiger partial charge in [-0.25, -0.2) is 8.78 Å². The molecule has 4 rings (SSSR count). The first-order chi connectivity index (χ1) is 18.7. The third kappa shape index (κ3) is 7.97. The molecule has 208 valence electrons. The van der Waals surface area contributed by atoms with E-state index in [1.807, 2.05) is 12.1 Å². The molecule has 0 saturated carbocycles. The monoisotopic (exact) mass is 551 g/mol. The molecule has 0 aliphatic rings. The van der Waals surface area contributed by atoms with Crippen LogP contribution < -0.4 is 21.1 Å². The van der Waals surface area contributed by atoms with Gasteiger partial charge >= 0.3 is 6.36 Å². The molecule has 0 radical (unpaired) electrons. The molecule has 0 spiro atoms. The highest BCUT2D eigenvalue weighted by atomic mass is 19.4. The van der Waals surface area contributed by atoms with Gasteiger partial charge in [0.15, 0.2) is 11.6 Å². The number of unbranched alkanes of at least 4 members (excludes halogenated alkanes) is 1. The predicted octanol–water partition coefficient (Wildman–Crippen LogP) is 4.78. The van der Waals surface area contributed by atoms with Gasteiger partial charge in [0.1, 0.15) is 5.82 Å². The summed E-state index contributed by atoms with van der Waals surface area (Å²) in [6.07, 6.45) is -0.331. The van der Waals surface area contributed by atoms with Gasteiger partial charge in [-0.15, -0.1) is 18.3 Å². The maximum absolute atomic E-state index is 13.8. The van der Waals surface area contributed by atoms with Gasteiger partial charge < -0.3 is 25.8 Å². The second kappa shape index (κ2) is 12.7. The second-order valence-corrected chi connectivity index (χ2v) is 8.58. The molecule has 0 aliphatic carbocycles. The molecule has 0 aliphatic heterocycles. The van der Waals surface area contributed by atoms with E-state index in [-0.39, 0.29) is 12.1 Å². The normalized spacial score (nSPS) is 11.7. The van der Waals surface area contributed by atoms with Crippen molar-refractivity contribution < 1.29 is 31.4 Å². The van der Waals surface area contributed by atoms with Crippen LogP contribution in [0, 0.1) is 11.6 Å². The average Bonchev–Trinajstić information content (AvgIpc) is 3.36. The lowest BCUT2D eigenvalue weighted by molar-refractivity contribution is -0.276. The van der Waals surface area contributed by atoms with Crippen LogP contribution in [-0.4, -0.2) is 53.1 Å². The molecule has 4 aromatic rings. The lowest BCUT2D eigenvalue weighted by Crippen LogP contribution is -2.20. The first-order valence-electron chi connectivity index (χ1n) is 12.0. The van der Waals surface area contributed by atoms with Crippen LogP contribution >= 0.6 is 0 Å². The third-order valence-corrected chi connectivity index (χ3v) is 5.62. The van der Waals surface area contributed by atoms with Gasteiger partial charge in [0.25, 0.3) is 0 Å². The molecule has 2 aromatic carbocycles. The zero-order valence-corrected chi connectivity index (χ0v) is 20.6. The Morgan fingerprint density at radius 3 is 2.46 bits per heavy atom. The molecule has 0 unspecified atom stereocenters. The smallest absolute Gasteiger partial charge is 0.399 e. The topological polar surface area (TPSA) is 123 Å². The number of halogens is 5. The highest BCUT2D eigenvalue weighted by Gasteiger charge is 2.34. The number of nitrogens with two attached hydrogens (primary N) is 1. The first-order valence-corrected chi connectivity index (χ1v) is 12.0. The molecule has 9 nitrogen and oxygen atoms in total. The Kier molecular flexibility index (Phi) is 9.09. The van der Waals surface area contributed by atoms with Crippen LogP contribution in [0.4, 0.5) is 33.5 Å². The molecule has 2 aromatic heterocycles. The number of hydrogen-bond donors (Lipinski definition) is 4. The van der Waals surface area contributed by atoms with Crippen molar-refractivity contribution in [3.8, 4) is 16.9 Å². The van der Waals surface area contributed by atoms with Gasteiger partial charge in [-0.1, -0.05) is 0 Å². The Hall–Kier alpha value is -4.04. The number of aromatic amines is 1. The molecule has 0 amide bonds. The van der Waals surface area contributed by atoms with Gasteiger partial charge in [-0.2, -0.15) is 10.2 Å². The minimum atomic E-state index is -5.18. The van der Waals surface area contributed by atoms with E-state index >= 15 is 0 Å². The summed E-state index contributed by atoms with van der Waals surface area (Å²) in [6, 6.07) is 7.30. The van der Waals surface area contributed by atoms with Crippen molar-refractivity contribution in [1.29, 1.82) is 0 Å². The number of benzene rings is 2. The number of nitrogen functional groups attached to an aromatic ring is 1. The van der Waals surface area contributed by atoms with Gasteiger partial charge in [0, 0.05) is 36.3 Å². The van der Waals surface area contributed by atoms with Crippen molar-refractivity contribution in [2.24, 2.45) is 0 Å². The van der Waals surface area contributed by atoms with E-state index in [0.717, 1.165) is 52.7 Å². The van der Waals surface area contributed by atoms with E-state index < -0.39 is 23.7 Å². The van der Waals surface area contributed by atoms with E-state index in [4.69, 9.17) is 10.5 Å². The van der Waals surface area contributed by atoms with Crippen LogP contribution in [-0.2, 0) is 11.3 Å². The minimum absolute atomic E-state index is 0.0919. The van der Waals surface area contributed by atoms with Crippen molar-refractivity contribution in [3.05, 3.63) is 59.9 Å². The van der Waals surface area contributed by atoms with Crippen LogP contribution in [0.1, 0.15) is 18.4 Å². The number of aromatic nitrogens is 4. The zero-order valence-electron chi connectivity index (χ0n) is 20.6. The van der Waals surface area contributed by atoms with E-state index in [0.29, 0.717) is 32.1 Å². The number of fused-ring (bicyclic) bond motifs is 1. The maximum atomic E-state index is 13.8. The number of ether oxygens (including phenoxy) is 2. The summed E-state index contributed by atoms with van der Waals surface area (Å²) in [5.41, 5.74) is 9.39. The Balaban J connectivity index is 1.14. The standard InChI is InChI=1S/C25H26F5N7O2/c26-19-7-15(8-20(27)24(19)39-25(28,29)30)12-32-3-1-2-5-38-6-4-33-21-9-16(10-22-18(21)14-35-36-22)17-11-23(31)37-34-13-17/h7-11,13-14,32-33H,1-6,12H2,(H2,31,37)(H,35,36). The van der Waals surface area contributed by atoms with Crippen LogP contribution in [0.15, 0.2) is 42.7 Å². The average molecular weight is 552 g/mol. The zero-order chi connectivity index (χ0) is 27.8. The highest BCUT2D eigenvalue weighted by molar-refractivity contribution is 5.95. The summed E-state index contributed by atoms with van der Waals surface area (Å²) in [7, 11) is 0. The number of hydrogen-bond acceptors (Lipinski definition) is 8. The van der Waals surface area contributed by atoms with Crippen LogP contribution in [0.5, 0.6) is 5.75 Å². The fourth-order valence-corrected chi connectivity index (χ4v) is 3.88. The van der Waals surface area contributed by atoms with Gasteiger partial charge in [0.2, 0.25) is 5.75 Å². The highest BCUT2D eigenvalue weighted by Crippen LogP contribution is 2.31.